The first-order valence-electron chi connectivity index (χ1n) is 9.97. The Morgan fingerprint density at radius 3 is 2.29 bits per heavy atom. The van der Waals surface area contributed by atoms with Crippen molar-refractivity contribution in [2.75, 3.05) is 19.1 Å². The third kappa shape index (κ3) is 4.39. The maximum Gasteiger partial charge on any atom is 0.300 e. The zero-order valence-electron chi connectivity index (χ0n) is 18.4. The van der Waals surface area contributed by atoms with Crippen molar-refractivity contribution in [3.05, 3.63) is 74.9 Å². The van der Waals surface area contributed by atoms with Gasteiger partial charge in [-0.05, 0) is 41.8 Å². The number of anilines is 1. The van der Waals surface area contributed by atoms with Crippen LogP contribution in [0.25, 0.3) is 5.76 Å². The number of aliphatic hydroxyl groups is 1. The van der Waals surface area contributed by atoms with Gasteiger partial charge in [0.05, 0.1) is 35.3 Å². The van der Waals surface area contributed by atoms with E-state index in [0.29, 0.717) is 4.88 Å². The summed E-state index contributed by atoms with van der Waals surface area (Å²) < 4.78 is 33.9. The van der Waals surface area contributed by atoms with Crippen LogP contribution in [0.5, 0.6) is 11.5 Å². The monoisotopic (exact) mass is 534 g/mol. The second kappa shape index (κ2) is 9.34. The van der Waals surface area contributed by atoms with Crippen LogP contribution in [0, 0.1) is 0 Å². The highest BCUT2D eigenvalue weighted by Crippen LogP contribution is 2.45. The number of nitrogens with zero attached hydrogens (tertiary/aromatic N) is 1. The molecule has 0 aliphatic carbocycles. The minimum absolute atomic E-state index is 0.109. The van der Waals surface area contributed by atoms with E-state index in [1.165, 1.54) is 66.9 Å². The number of primary sulfonamides is 1. The fraction of sp³-hybridized carbons (Fsp3) is 0.130. The van der Waals surface area contributed by atoms with Gasteiger partial charge in [-0.2, -0.15) is 0 Å². The molecule has 1 aliphatic rings. The van der Waals surface area contributed by atoms with Crippen LogP contribution < -0.4 is 19.5 Å². The number of ether oxygens (including phenoxy) is 2. The number of rotatable bonds is 6. The van der Waals surface area contributed by atoms with E-state index in [4.69, 9.17) is 26.2 Å². The number of carbonyl (C=O) groups excluding carboxylic acids is 2. The lowest BCUT2D eigenvalue weighted by atomic mass is 9.99. The predicted octanol–water partition coefficient (Wildman–Crippen LogP) is 3.69. The number of aliphatic hydroxyl groups excluding tert-OH is 1. The maximum absolute atomic E-state index is 13.2. The van der Waals surface area contributed by atoms with Crippen molar-refractivity contribution in [1.82, 2.24) is 0 Å². The van der Waals surface area contributed by atoms with Crippen LogP contribution in [-0.2, 0) is 19.6 Å². The molecule has 9 nitrogen and oxygen atoms in total. The van der Waals surface area contributed by atoms with Gasteiger partial charge in [-0.1, -0.05) is 17.7 Å². The second-order valence-corrected chi connectivity index (χ2v) is 10.4. The Balaban J connectivity index is 1.94. The molecule has 4 rings (SSSR count). The lowest BCUT2D eigenvalue weighted by Gasteiger charge is -2.24. The van der Waals surface area contributed by atoms with Gasteiger partial charge in [-0.3, -0.25) is 14.5 Å². The number of Topliss-reactive ketones (excluding diaryl/α,β-unsaturated/α-hetero) is 1. The van der Waals surface area contributed by atoms with Gasteiger partial charge >= 0.3 is 0 Å². The standard InChI is InChI=1S/C23H19ClN2O7S2/c1-32-16-11-15(24)17(33-2)10-14(16)21(27)19-20(18-4-3-9-34-18)26(23(29)22(19)28)12-5-7-13(8-6-12)35(25,30)31/h3-11,20,27H,1-2H3,(H2,25,30,31)/b21-19+. The molecule has 2 heterocycles. The van der Waals surface area contributed by atoms with Gasteiger partial charge in [0.15, 0.2) is 0 Å². The molecule has 3 aromatic rings. The van der Waals surface area contributed by atoms with Crippen molar-refractivity contribution in [2.45, 2.75) is 10.9 Å². The quantitative estimate of drug-likeness (QED) is 0.279. The van der Waals surface area contributed by atoms with Crippen LogP contribution in [0.2, 0.25) is 5.02 Å². The molecule has 3 N–H and O–H groups in total. The van der Waals surface area contributed by atoms with Crippen LogP contribution >= 0.6 is 22.9 Å². The normalized spacial score (nSPS) is 17.6. The Morgan fingerprint density at radius 2 is 1.74 bits per heavy atom. The van der Waals surface area contributed by atoms with Crippen LogP contribution in [0.3, 0.4) is 0 Å². The Morgan fingerprint density at radius 1 is 1.09 bits per heavy atom. The number of ketones is 1. The smallest absolute Gasteiger partial charge is 0.300 e. The number of methoxy groups -OCH3 is 2. The van der Waals surface area contributed by atoms with Gasteiger partial charge in [0.1, 0.15) is 23.3 Å². The molecule has 35 heavy (non-hydrogen) atoms. The minimum atomic E-state index is -3.96. The van der Waals surface area contributed by atoms with Gasteiger partial charge in [-0.15, -0.1) is 11.3 Å². The number of hydrogen-bond acceptors (Lipinski definition) is 8. The van der Waals surface area contributed by atoms with Gasteiger partial charge in [0.25, 0.3) is 11.7 Å². The van der Waals surface area contributed by atoms with Crippen molar-refractivity contribution < 1.29 is 32.6 Å². The number of nitrogens with two attached hydrogens (primary N) is 1. The molecule has 1 unspecified atom stereocenters. The van der Waals surface area contributed by atoms with E-state index in [0.717, 1.165) is 0 Å². The molecule has 1 amide bonds. The van der Waals surface area contributed by atoms with E-state index >= 15 is 0 Å². The van der Waals surface area contributed by atoms with E-state index in [2.05, 4.69) is 0 Å². The van der Waals surface area contributed by atoms with Crippen molar-refractivity contribution in [1.29, 1.82) is 0 Å². The maximum atomic E-state index is 13.2. The van der Waals surface area contributed by atoms with Gasteiger partial charge in [0.2, 0.25) is 10.0 Å². The first-order chi connectivity index (χ1) is 16.6. The van der Waals surface area contributed by atoms with E-state index in [9.17, 15) is 23.1 Å². The molecule has 2 aromatic carbocycles. The van der Waals surface area contributed by atoms with Gasteiger partial charge < -0.3 is 14.6 Å². The van der Waals surface area contributed by atoms with E-state index < -0.39 is 33.5 Å². The molecule has 1 aromatic heterocycles. The number of carbonyl (C=O) groups is 2. The Kier molecular flexibility index (Phi) is 6.60. The molecule has 0 saturated carbocycles. The molecule has 0 radical (unpaired) electrons. The first kappa shape index (κ1) is 24.7. The van der Waals surface area contributed by atoms with Crippen molar-refractivity contribution in [3.63, 3.8) is 0 Å². The topological polar surface area (TPSA) is 136 Å². The zero-order valence-corrected chi connectivity index (χ0v) is 20.8. The number of sulfonamides is 1. The lowest BCUT2D eigenvalue weighted by molar-refractivity contribution is -0.132. The van der Waals surface area contributed by atoms with Gasteiger partial charge in [-0.25, -0.2) is 13.6 Å². The van der Waals surface area contributed by atoms with Gasteiger partial charge in [0, 0.05) is 16.6 Å². The number of benzene rings is 2. The highest BCUT2D eigenvalue weighted by molar-refractivity contribution is 7.89. The summed E-state index contributed by atoms with van der Waals surface area (Å²) in [6.07, 6.45) is 0. The fourth-order valence-electron chi connectivity index (χ4n) is 3.80. The highest BCUT2D eigenvalue weighted by atomic mass is 35.5. The first-order valence-corrected chi connectivity index (χ1v) is 12.8. The fourth-order valence-corrected chi connectivity index (χ4v) is 5.37. The third-order valence-electron chi connectivity index (χ3n) is 5.43. The lowest BCUT2D eigenvalue weighted by Crippen LogP contribution is -2.29. The SMILES string of the molecule is COc1cc(/C(O)=C2\C(=O)C(=O)N(c3ccc(S(N)(=O)=O)cc3)C2c2cccs2)c(OC)cc1Cl. The van der Waals surface area contributed by atoms with E-state index in [-0.39, 0.29) is 38.2 Å². The predicted molar refractivity (Wildman–Crippen MR) is 131 cm³/mol. The number of thiophene rings is 1. The summed E-state index contributed by atoms with van der Waals surface area (Å²) in [5, 5.41) is 18.5. The Hall–Kier alpha value is -3.38. The second-order valence-electron chi connectivity index (χ2n) is 7.41. The molecule has 0 spiro atoms. The average Bonchev–Trinajstić information content (AvgIpc) is 3.45. The number of halogens is 1. The molecule has 182 valence electrons. The third-order valence-corrected chi connectivity index (χ3v) is 7.58. The number of amides is 1. The summed E-state index contributed by atoms with van der Waals surface area (Å²) in [4.78, 5) is 28.1. The molecule has 1 aliphatic heterocycles. The minimum Gasteiger partial charge on any atom is -0.507 e. The average molecular weight is 535 g/mol. The summed E-state index contributed by atoms with van der Waals surface area (Å²) >= 11 is 7.45. The molecule has 0 bridgehead atoms. The van der Waals surface area contributed by atoms with Crippen molar-refractivity contribution in [2.24, 2.45) is 5.14 Å². The largest absolute Gasteiger partial charge is 0.507 e. The Labute approximate surface area is 210 Å². The molecule has 12 heteroatoms. The highest BCUT2D eigenvalue weighted by Gasteiger charge is 2.47. The molecule has 1 atom stereocenters. The van der Waals surface area contributed by atoms with E-state index in [1.54, 1.807) is 17.5 Å². The molecular formula is C23H19ClN2O7S2. The summed E-state index contributed by atoms with van der Waals surface area (Å²) in [5.41, 5.74) is 0.186. The van der Waals surface area contributed by atoms with Crippen LogP contribution in [0.15, 0.2) is 64.4 Å². The van der Waals surface area contributed by atoms with Crippen LogP contribution in [0.4, 0.5) is 5.69 Å². The summed E-state index contributed by atoms with van der Waals surface area (Å²) in [5.74, 6) is -1.89. The van der Waals surface area contributed by atoms with Crippen LogP contribution in [0.1, 0.15) is 16.5 Å². The summed E-state index contributed by atoms with van der Waals surface area (Å²) in [7, 11) is -1.19. The van der Waals surface area contributed by atoms with E-state index in [1.807, 2.05) is 0 Å². The van der Waals surface area contributed by atoms with Crippen molar-refractivity contribution >= 4 is 56.1 Å². The molecule has 1 fully saturated rings. The number of hydrogen-bond donors (Lipinski definition) is 2. The summed E-state index contributed by atoms with van der Waals surface area (Å²) in [6, 6.07) is 10.5. The van der Waals surface area contributed by atoms with Crippen LogP contribution in [-0.4, -0.2) is 39.4 Å². The molecular weight excluding hydrogens is 516 g/mol. The summed E-state index contributed by atoms with van der Waals surface area (Å²) in [6.45, 7) is 0. The van der Waals surface area contributed by atoms with Crippen molar-refractivity contribution in [3.8, 4) is 11.5 Å². The Bertz CT molecular complexity index is 1450. The molecule has 1 saturated heterocycles. The zero-order chi connectivity index (χ0) is 25.5.